The highest BCUT2D eigenvalue weighted by molar-refractivity contribution is 14.0. The summed E-state index contributed by atoms with van der Waals surface area (Å²) in [5, 5.41) is 6.59. The zero-order chi connectivity index (χ0) is 17.3. The zero-order valence-electron chi connectivity index (χ0n) is 15.1. The van der Waals surface area contributed by atoms with Gasteiger partial charge < -0.3 is 10.6 Å². The standard InChI is InChI=1S/C18H29N3OS2.HI/c1-3-19-17(21-15-18(2)10-7-12-23-18)20-11-13-24(22)14-16-8-5-4-6-9-16;/h4-6,8-9H,3,7,10-15H2,1-2H3,(H2,19,20,21);1H. The van der Waals surface area contributed by atoms with Crippen LogP contribution in [0.5, 0.6) is 0 Å². The van der Waals surface area contributed by atoms with Gasteiger partial charge in [0.05, 0.1) is 6.54 Å². The number of rotatable bonds is 8. The molecule has 2 atom stereocenters. The SMILES string of the molecule is CCNC(=NCC1(C)CCCS1)NCCS(=O)Cc1ccccc1.I. The van der Waals surface area contributed by atoms with Gasteiger partial charge in [-0.3, -0.25) is 9.20 Å². The molecule has 4 nitrogen and oxygen atoms in total. The minimum absolute atomic E-state index is 0. The Bertz CT molecular complexity index is 549. The molecule has 2 N–H and O–H groups in total. The molecule has 2 unspecified atom stereocenters. The quantitative estimate of drug-likeness (QED) is 0.330. The predicted octanol–water partition coefficient (Wildman–Crippen LogP) is 3.39. The number of nitrogens with one attached hydrogen (secondary N) is 2. The van der Waals surface area contributed by atoms with Crippen molar-refractivity contribution in [2.75, 3.05) is 31.1 Å². The molecule has 7 heteroatoms. The van der Waals surface area contributed by atoms with Gasteiger partial charge >= 0.3 is 0 Å². The molecule has 2 rings (SSSR count). The molecule has 0 bridgehead atoms. The van der Waals surface area contributed by atoms with Crippen LogP contribution in [0.3, 0.4) is 0 Å². The Morgan fingerprint density at radius 1 is 1.32 bits per heavy atom. The summed E-state index contributed by atoms with van der Waals surface area (Å²) in [7, 11) is -0.855. The van der Waals surface area contributed by atoms with E-state index >= 15 is 0 Å². The zero-order valence-corrected chi connectivity index (χ0v) is 19.1. The Balaban J connectivity index is 0.00000312. The number of hydrogen-bond donors (Lipinski definition) is 2. The lowest BCUT2D eigenvalue weighted by Gasteiger charge is -2.21. The van der Waals surface area contributed by atoms with Crippen LogP contribution in [0.2, 0.25) is 0 Å². The number of nitrogens with zero attached hydrogens (tertiary/aromatic N) is 1. The highest BCUT2D eigenvalue weighted by Crippen LogP contribution is 2.37. The molecule has 1 heterocycles. The van der Waals surface area contributed by atoms with Gasteiger partial charge in [-0.15, -0.1) is 24.0 Å². The average Bonchev–Trinajstić information content (AvgIpc) is 3.01. The van der Waals surface area contributed by atoms with Crippen LogP contribution < -0.4 is 10.6 Å². The summed E-state index contributed by atoms with van der Waals surface area (Å²) >= 11 is 2.02. The first-order valence-electron chi connectivity index (χ1n) is 8.66. The third kappa shape index (κ3) is 8.77. The van der Waals surface area contributed by atoms with Crippen molar-refractivity contribution < 1.29 is 4.21 Å². The van der Waals surface area contributed by atoms with Gasteiger partial charge in [-0.2, -0.15) is 11.8 Å². The number of thioether (sulfide) groups is 1. The number of aliphatic imine (C=N–C) groups is 1. The summed E-state index contributed by atoms with van der Waals surface area (Å²) in [5.41, 5.74) is 1.13. The van der Waals surface area contributed by atoms with Gasteiger partial charge in [0.15, 0.2) is 5.96 Å². The van der Waals surface area contributed by atoms with Crippen molar-refractivity contribution in [1.29, 1.82) is 0 Å². The Kier molecular flexibility index (Phi) is 11.1. The van der Waals surface area contributed by atoms with Gasteiger partial charge in [0.2, 0.25) is 0 Å². The minimum atomic E-state index is -0.855. The highest BCUT2D eigenvalue weighted by atomic mass is 127. The maximum absolute atomic E-state index is 12.2. The molecule has 1 aromatic rings. The van der Waals surface area contributed by atoms with E-state index in [9.17, 15) is 4.21 Å². The van der Waals surface area contributed by atoms with Gasteiger partial charge in [-0.25, -0.2) is 0 Å². The van der Waals surface area contributed by atoms with Crippen molar-refractivity contribution >= 4 is 52.5 Å². The van der Waals surface area contributed by atoms with Gasteiger partial charge in [0.25, 0.3) is 0 Å². The van der Waals surface area contributed by atoms with Gasteiger partial charge in [-0.1, -0.05) is 30.3 Å². The molecule has 0 aliphatic carbocycles. The van der Waals surface area contributed by atoms with E-state index in [0.29, 0.717) is 18.1 Å². The topological polar surface area (TPSA) is 53.5 Å². The monoisotopic (exact) mass is 495 g/mol. The largest absolute Gasteiger partial charge is 0.357 e. The van der Waals surface area contributed by atoms with Crippen molar-refractivity contribution in [2.45, 2.75) is 37.2 Å². The third-order valence-electron chi connectivity index (χ3n) is 4.01. The van der Waals surface area contributed by atoms with Crippen LogP contribution in [-0.2, 0) is 16.6 Å². The molecule has 0 spiro atoms. The summed E-state index contributed by atoms with van der Waals surface area (Å²) in [6.45, 7) is 6.71. The van der Waals surface area contributed by atoms with Gasteiger partial charge in [-0.05, 0) is 38.0 Å². The summed E-state index contributed by atoms with van der Waals surface area (Å²) in [6.07, 6.45) is 2.53. The molecule has 1 saturated heterocycles. The fourth-order valence-corrected chi connectivity index (χ4v) is 4.93. The lowest BCUT2D eigenvalue weighted by atomic mass is 10.1. The second-order valence-electron chi connectivity index (χ2n) is 6.30. The first kappa shape index (κ1) is 22.8. The Labute approximate surface area is 175 Å². The Hall–Kier alpha value is -0.280. The van der Waals surface area contributed by atoms with E-state index in [1.54, 1.807) is 0 Å². The lowest BCUT2D eigenvalue weighted by molar-refractivity contribution is 0.615. The average molecular weight is 495 g/mol. The van der Waals surface area contributed by atoms with E-state index in [1.807, 2.05) is 42.1 Å². The van der Waals surface area contributed by atoms with E-state index in [-0.39, 0.29) is 28.7 Å². The van der Waals surface area contributed by atoms with Crippen LogP contribution in [0.25, 0.3) is 0 Å². The summed E-state index contributed by atoms with van der Waals surface area (Å²) in [4.78, 5) is 4.72. The van der Waals surface area contributed by atoms with Gasteiger partial charge in [0, 0.05) is 40.1 Å². The number of benzene rings is 1. The van der Waals surface area contributed by atoms with Crippen LogP contribution in [0.1, 0.15) is 32.3 Å². The van der Waals surface area contributed by atoms with Crippen LogP contribution in [0, 0.1) is 0 Å². The molecule has 0 radical (unpaired) electrons. The molecular formula is C18H30IN3OS2. The van der Waals surface area contributed by atoms with E-state index in [2.05, 4.69) is 24.5 Å². The van der Waals surface area contributed by atoms with E-state index in [4.69, 9.17) is 4.99 Å². The Morgan fingerprint density at radius 3 is 2.72 bits per heavy atom. The van der Waals surface area contributed by atoms with Crippen molar-refractivity contribution in [3.8, 4) is 0 Å². The van der Waals surface area contributed by atoms with Crippen molar-refractivity contribution in [3.05, 3.63) is 35.9 Å². The van der Waals surface area contributed by atoms with Crippen LogP contribution in [0.15, 0.2) is 35.3 Å². The second kappa shape index (κ2) is 12.2. The summed E-state index contributed by atoms with van der Waals surface area (Å²) in [5.74, 6) is 3.33. The first-order valence-corrected chi connectivity index (χ1v) is 11.1. The lowest BCUT2D eigenvalue weighted by Crippen LogP contribution is -2.40. The maximum Gasteiger partial charge on any atom is 0.191 e. The fraction of sp³-hybridized carbons (Fsp3) is 0.611. The summed E-state index contributed by atoms with van der Waals surface area (Å²) in [6, 6.07) is 10.0. The maximum atomic E-state index is 12.2. The van der Waals surface area contributed by atoms with Crippen LogP contribution >= 0.6 is 35.7 Å². The first-order chi connectivity index (χ1) is 11.6. The number of guanidine groups is 1. The molecule has 1 fully saturated rings. The molecule has 0 amide bonds. The Morgan fingerprint density at radius 2 is 2.08 bits per heavy atom. The fourth-order valence-electron chi connectivity index (χ4n) is 2.67. The van der Waals surface area contributed by atoms with E-state index < -0.39 is 10.8 Å². The molecule has 1 aromatic carbocycles. The molecule has 0 aromatic heterocycles. The van der Waals surface area contributed by atoms with E-state index in [0.717, 1.165) is 24.6 Å². The third-order valence-corrected chi connectivity index (χ3v) is 6.85. The minimum Gasteiger partial charge on any atom is -0.357 e. The molecular weight excluding hydrogens is 465 g/mol. The van der Waals surface area contributed by atoms with Crippen molar-refractivity contribution in [1.82, 2.24) is 10.6 Å². The molecule has 25 heavy (non-hydrogen) atoms. The predicted molar refractivity (Wildman–Crippen MR) is 123 cm³/mol. The van der Waals surface area contributed by atoms with Crippen molar-refractivity contribution in [3.63, 3.8) is 0 Å². The second-order valence-corrected chi connectivity index (χ2v) is 9.56. The van der Waals surface area contributed by atoms with Crippen LogP contribution in [0.4, 0.5) is 0 Å². The van der Waals surface area contributed by atoms with E-state index in [1.165, 1.54) is 18.6 Å². The number of hydrogen-bond acceptors (Lipinski definition) is 3. The smallest absolute Gasteiger partial charge is 0.191 e. The molecule has 1 aliphatic rings. The van der Waals surface area contributed by atoms with Crippen molar-refractivity contribution in [2.24, 2.45) is 4.99 Å². The molecule has 0 saturated carbocycles. The van der Waals surface area contributed by atoms with Gasteiger partial charge in [0.1, 0.15) is 0 Å². The van der Waals surface area contributed by atoms with Crippen LogP contribution in [-0.4, -0.2) is 46.1 Å². The molecule has 142 valence electrons. The highest BCUT2D eigenvalue weighted by Gasteiger charge is 2.29. The normalized spacial score (nSPS) is 21.4. The summed E-state index contributed by atoms with van der Waals surface area (Å²) < 4.78 is 12.5. The molecule has 1 aliphatic heterocycles. The number of halogens is 1.